The van der Waals surface area contributed by atoms with Gasteiger partial charge < -0.3 is 34.8 Å². The number of furan rings is 1. The summed E-state index contributed by atoms with van der Waals surface area (Å²) in [6, 6.07) is 14.2. The Hall–Kier alpha value is -6.19. The number of carbonyl (C=O) groups is 3. The topological polar surface area (TPSA) is 189 Å². The Morgan fingerprint density at radius 1 is 0.935 bits per heavy atom. The van der Waals surface area contributed by atoms with E-state index in [2.05, 4.69) is 20.3 Å². The number of hydrogen-bond donors (Lipinski definition) is 3. The van der Waals surface area contributed by atoms with Crippen molar-refractivity contribution in [3.63, 3.8) is 0 Å². The first kappa shape index (κ1) is 32.7. The third-order valence-electron chi connectivity index (χ3n) is 6.28. The van der Waals surface area contributed by atoms with Gasteiger partial charge in [0.1, 0.15) is 5.76 Å². The van der Waals surface area contributed by atoms with Crippen molar-refractivity contribution in [3.8, 4) is 34.3 Å². The lowest BCUT2D eigenvalue weighted by Gasteiger charge is -2.16. The Bertz CT molecular complexity index is 1910. The maximum atomic E-state index is 12.6. The third kappa shape index (κ3) is 7.12. The summed E-state index contributed by atoms with van der Waals surface area (Å²) < 4.78 is 52.7. The Labute approximate surface area is 257 Å². The molecule has 13 nitrogen and oxygen atoms in total. The van der Waals surface area contributed by atoms with E-state index in [1.807, 2.05) is 12.1 Å². The molecule has 5 aromatic rings. The fourth-order valence-corrected chi connectivity index (χ4v) is 4.18. The zero-order valence-electron chi connectivity index (χ0n) is 24.2. The SMILES string of the molecule is COC(=O)c1cc(Nc2c(C(N)=O)cnc3cc(-c4cnc(OC)nc4OC)ccc23)ccc1-c1ccco1.O=C(O)C(F)(F)F. The summed E-state index contributed by atoms with van der Waals surface area (Å²) in [7, 11) is 4.28. The first-order valence-electron chi connectivity index (χ1n) is 12.9. The van der Waals surface area contributed by atoms with Crippen LogP contribution in [0, 0.1) is 0 Å². The molecule has 0 aliphatic heterocycles. The second kappa shape index (κ2) is 13.6. The minimum Gasteiger partial charge on any atom is -0.480 e. The van der Waals surface area contributed by atoms with Crippen molar-refractivity contribution >= 4 is 40.1 Å². The smallest absolute Gasteiger partial charge is 0.480 e. The largest absolute Gasteiger partial charge is 0.490 e. The lowest BCUT2D eigenvalue weighted by Crippen LogP contribution is -2.21. The molecule has 3 aromatic heterocycles. The number of nitrogens with two attached hydrogens (primary N) is 1. The predicted molar refractivity (Wildman–Crippen MR) is 157 cm³/mol. The van der Waals surface area contributed by atoms with E-state index in [0.717, 1.165) is 5.56 Å². The number of esters is 1. The van der Waals surface area contributed by atoms with Gasteiger partial charge in [0, 0.05) is 29.0 Å². The number of nitrogens with one attached hydrogen (secondary N) is 1. The molecule has 0 fully saturated rings. The maximum absolute atomic E-state index is 12.6. The van der Waals surface area contributed by atoms with Crippen LogP contribution in [0.4, 0.5) is 24.5 Å². The molecule has 238 valence electrons. The van der Waals surface area contributed by atoms with E-state index in [4.69, 9.17) is 34.3 Å². The molecular weight excluding hydrogens is 615 g/mol. The summed E-state index contributed by atoms with van der Waals surface area (Å²) in [6.45, 7) is 0. The first-order chi connectivity index (χ1) is 21.9. The van der Waals surface area contributed by atoms with Gasteiger partial charge in [0.2, 0.25) is 5.88 Å². The molecule has 4 N–H and O–H groups in total. The fourth-order valence-electron chi connectivity index (χ4n) is 4.18. The second-order valence-corrected chi connectivity index (χ2v) is 9.08. The summed E-state index contributed by atoms with van der Waals surface area (Å²) in [5, 5.41) is 11.0. The van der Waals surface area contributed by atoms with E-state index in [0.29, 0.717) is 45.0 Å². The molecule has 1 amide bonds. The van der Waals surface area contributed by atoms with Gasteiger partial charge in [0.15, 0.2) is 0 Å². The van der Waals surface area contributed by atoms with Crippen LogP contribution in [-0.2, 0) is 9.53 Å². The quantitative estimate of drug-likeness (QED) is 0.188. The molecule has 0 aliphatic carbocycles. The molecular formula is C30H24F3N5O8. The molecule has 0 aliphatic rings. The van der Waals surface area contributed by atoms with Gasteiger partial charge in [-0.2, -0.15) is 18.2 Å². The van der Waals surface area contributed by atoms with Crippen LogP contribution in [0.2, 0.25) is 0 Å². The van der Waals surface area contributed by atoms with E-state index in [1.54, 1.807) is 42.6 Å². The first-order valence-corrected chi connectivity index (χ1v) is 12.9. The van der Waals surface area contributed by atoms with Crippen molar-refractivity contribution in [3.05, 3.63) is 78.3 Å². The van der Waals surface area contributed by atoms with Crippen LogP contribution in [-0.4, -0.2) is 65.4 Å². The number of aromatic nitrogens is 3. The van der Waals surface area contributed by atoms with Crippen LogP contribution in [0.5, 0.6) is 11.9 Å². The average Bonchev–Trinajstić information content (AvgIpc) is 3.58. The van der Waals surface area contributed by atoms with Crippen molar-refractivity contribution in [1.29, 1.82) is 0 Å². The number of fused-ring (bicyclic) bond motifs is 1. The second-order valence-electron chi connectivity index (χ2n) is 9.08. The zero-order valence-corrected chi connectivity index (χ0v) is 24.2. The molecule has 46 heavy (non-hydrogen) atoms. The minimum absolute atomic E-state index is 0.176. The van der Waals surface area contributed by atoms with Crippen molar-refractivity contribution in [2.24, 2.45) is 5.73 Å². The molecule has 0 unspecified atom stereocenters. The number of pyridine rings is 1. The van der Waals surface area contributed by atoms with Crippen molar-refractivity contribution in [1.82, 2.24) is 15.0 Å². The number of carboxylic acid groups (broad SMARTS) is 1. The zero-order chi connectivity index (χ0) is 33.6. The molecule has 0 radical (unpaired) electrons. The molecule has 0 bridgehead atoms. The maximum Gasteiger partial charge on any atom is 0.490 e. The molecule has 5 rings (SSSR count). The number of alkyl halides is 3. The lowest BCUT2D eigenvalue weighted by atomic mass is 10.0. The number of hydrogen-bond acceptors (Lipinski definition) is 11. The van der Waals surface area contributed by atoms with E-state index in [-0.39, 0.29) is 17.1 Å². The predicted octanol–water partition coefficient (Wildman–Crippen LogP) is 5.23. The number of amides is 1. The lowest BCUT2D eigenvalue weighted by molar-refractivity contribution is -0.192. The summed E-state index contributed by atoms with van der Waals surface area (Å²) in [4.78, 5) is 46.7. The molecule has 0 atom stereocenters. The van der Waals surface area contributed by atoms with Gasteiger partial charge in [0.05, 0.1) is 55.5 Å². The van der Waals surface area contributed by atoms with Crippen LogP contribution < -0.4 is 20.5 Å². The van der Waals surface area contributed by atoms with Gasteiger partial charge >= 0.3 is 24.1 Å². The Balaban J connectivity index is 0.000000617. The highest BCUT2D eigenvalue weighted by atomic mass is 19.4. The molecule has 3 heterocycles. The van der Waals surface area contributed by atoms with Crippen molar-refractivity contribution in [2.75, 3.05) is 26.6 Å². The number of carbonyl (C=O) groups excluding carboxylic acids is 2. The molecule has 2 aromatic carbocycles. The number of methoxy groups -OCH3 is 3. The van der Waals surface area contributed by atoms with Crippen molar-refractivity contribution < 1.29 is 51.3 Å². The minimum atomic E-state index is -5.08. The highest BCUT2D eigenvalue weighted by molar-refractivity contribution is 6.08. The Morgan fingerprint density at radius 3 is 2.26 bits per heavy atom. The van der Waals surface area contributed by atoms with Crippen LogP contribution in [0.1, 0.15) is 20.7 Å². The summed E-state index contributed by atoms with van der Waals surface area (Å²) in [5.41, 5.74) is 9.59. The summed E-state index contributed by atoms with van der Waals surface area (Å²) >= 11 is 0. The molecule has 0 spiro atoms. The number of primary amides is 1. The standard InChI is InChI=1S/C28H23N5O6.C2HF3O2/c1-36-26-20(13-31-28(33-26)38-3)15-6-8-18-22(11-15)30-14-21(25(29)34)24(18)32-16-7-9-17(23-5-4-10-39-23)19(12-16)27(35)37-2;3-2(4,5)1(6)7/h4-14H,1-3H3,(H2,29,34)(H,30,32);(H,6,7). The molecule has 0 saturated heterocycles. The molecule has 16 heteroatoms. The van der Waals surface area contributed by atoms with Gasteiger partial charge in [-0.1, -0.05) is 12.1 Å². The van der Waals surface area contributed by atoms with E-state index < -0.39 is 24.0 Å². The normalized spacial score (nSPS) is 10.8. The Morgan fingerprint density at radius 2 is 1.67 bits per heavy atom. The number of aliphatic carboxylic acids is 1. The Kier molecular flexibility index (Phi) is 9.69. The number of benzene rings is 2. The van der Waals surface area contributed by atoms with E-state index in [1.165, 1.54) is 33.8 Å². The summed E-state index contributed by atoms with van der Waals surface area (Å²) in [5.74, 6) is -3.12. The average molecular weight is 640 g/mol. The van der Waals surface area contributed by atoms with Gasteiger partial charge in [-0.05, 0) is 42.0 Å². The number of anilines is 2. The summed E-state index contributed by atoms with van der Waals surface area (Å²) in [6.07, 6.45) is -0.568. The number of ether oxygens (including phenoxy) is 3. The van der Waals surface area contributed by atoms with Crippen LogP contribution in [0.25, 0.3) is 33.4 Å². The van der Waals surface area contributed by atoms with Crippen LogP contribution in [0.15, 0.2) is 71.6 Å². The third-order valence-corrected chi connectivity index (χ3v) is 6.28. The van der Waals surface area contributed by atoms with Crippen molar-refractivity contribution in [2.45, 2.75) is 6.18 Å². The van der Waals surface area contributed by atoms with Gasteiger partial charge in [-0.25, -0.2) is 14.6 Å². The monoisotopic (exact) mass is 639 g/mol. The van der Waals surface area contributed by atoms with Crippen LogP contribution >= 0.6 is 0 Å². The van der Waals surface area contributed by atoms with Gasteiger partial charge in [-0.15, -0.1) is 0 Å². The van der Waals surface area contributed by atoms with Gasteiger partial charge in [0.25, 0.3) is 5.91 Å². The van der Waals surface area contributed by atoms with E-state index >= 15 is 0 Å². The molecule has 0 saturated carbocycles. The number of nitrogens with zero attached hydrogens (tertiary/aromatic N) is 3. The number of halogens is 3. The fraction of sp³-hybridized carbons (Fsp3) is 0.133. The van der Waals surface area contributed by atoms with Crippen LogP contribution in [0.3, 0.4) is 0 Å². The highest BCUT2D eigenvalue weighted by Gasteiger charge is 2.38. The number of rotatable bonds is 8. The van der Waals surface area contributed by atoms with E-state index in [9.17, 15) is 22.8 Å². The highest BCUT2D eigenvalue weighted by Crippen LogP contribution is 2.36. The number of carboxylic acids is 1. The van der Waals surface area contributed by atoms with Gasteiger partial charge in [-0.3, -0.25) is 9.78 Å².